The first-order valence-electron chi connectivity index (χ1n) is 13.3. The van der Waals surface area contributed by atoms with Crippen LogP contribution in [0.25, 0.3) is 55.9 Å². The van der Waals surface area contributed by atoms with Crippen molar-refractivity contribution in [1.29, 1.82) is 0 Å². The van der Waals surface area contributed by atoms with Gasteiger partial charge in [-0.05, 0) is 77.7 Å². The molecule has 0 atom stereocenters. The Balaban J connectivity index is 1.37. The third-order valence-electron chi connectivity index (χ3n) is 7.03. The quantitative estimate of drug-likeness (QED) is 0.115. The van der Waals surface area contributed by atoms with Gasteiger partial charge in [-0.15, -0.1) is 0 Å². The molecule has 8 heteroatoms. The van der Waals surface area contributed by atoms with Gasteiger partial charge in [0.15, 0.2) is 5.65 Å². The maximum Gasteiger partial charge on any atom is 0.155 e. The molecule has 0 bridgehead atoms. The van der Waals surface area contributed by atoms with Gasteiger partial charge in [0, 0.05) is 45.8 Å². The molecule has 0 aliphatic rings. The predicted octanol–water partition coefficient (Wildman–Crippen LogP) is 7.62. The van der Waals surface area contributed by atoms with Crippen LogP contribution in [-0.4, -0.2) is 25.1 Å². The number of aromatic nitrogens is 5. The molecule has 0 fully saturated rings. The number of rotatable bonds is 8. The van der Waals surface area contributed by atoms with Gasteiger partial charge < -0.3 is 16.0 Å². The standard InChI is InChI=1S/C34H28FN7/c1-4-21(15-27(5-2)39-20(3)22-9-7-6-8-10-22)24-16-30-32(41-42-34(30)38-19-24)31-18-29-28(11-12-37-33(29)40-31)23-13-25(35)17-26(36)14-23/h4-19,39H,2-3,36H2,1H3,(H,37,40)(H,38,41,42)/b21-4+,27-15+. The number of nitrogens with two attached hydrogens (primary N) is 1. The molecule has 5 N–H and O–H groups in total. The van der Waals surface area contributed by atoms with Crippen LogP contribution in [0.1, 0.15) is 18.1 Å². The van der Waals surface area contributed by atoms with E-state index in [0.29, 0.717) is 28.2 Å². The highest BCUT2D eigenvalue weighted by Gasteiger charge is 2.16. The SMILES string of the molecule is C=C/C(=C\C(=C/C)c1cnc2[nH]nc(-c3cc4c(-c5cc(N)cc(F)c5)ccnc4[nH]3)c2c1)NC(=C)c1ccccc1. The number of benzene rings is 2. The van der Waals surface area contributed by atoms with Gasteiger partial charge in [0.25, 0.3) is 0 Å². The van der Waals surface area contributed by atoms with Gasteiger partial charge in [0.05, 0.1) is 5.69 Å². The zero-order valence-electron chi connectivity index (χ0n) is 22.9. The maximum atomic E-state index is 14.1. The van der Waals surface area contributed by atoms with E-state index in [-0.39, 0.29) is 0 Å². The van der Waals surface area contributed by atoms with Crippen LogP contribution in [0.2, 0.25) is 0 Å². The molecule has 6 aromatic rings. The summed E-state index contributed by atoms with van der Waals surface area (Å²) < 4.78 is 14.1. The van der Waals surface area contributed by atoms with Crippen LogP contribution in [0.5, 0.6) is 0 Å². The lowest BCUT2D eigenvalue weighted by molar-refractivity contribution is 0.629. The van der Waals surface area contributed by atoms with E-state index in [0.717, 1.165) is 50.1 Å². The van der Waals surface area contributed by atoms with E-state index < -0.39 is 5.82 Å². The normalized spacial score (nSPS) is 12.1. The average Bonchev–Trinajstić information content (AvgIpc) is 3.63. The number of fused-ring (bicyclic) bond motifs is 2. The molecule has 0 saturated carbocycles. The molecule has 6 rings (SSSR count). The van der Waals surface area contributed by atoms with Crippen LogP contribution in [0.15, 0.2) is 116 Å². The molecule has 4 heterocycles. The highest BCUT2D eigenvalue weighted by Crippen LogP contribution is 2.34. The zero-order valence-corrected chi connectivity index (χ0v) is 22.9. The lowest BCUT2D eigenvalue weighted by Gasteiger charge is -2.12. The van der Waals surface area contributed by atoms with Crippen molar-refractivity contribution >= 4 is 39.0 Å². The molecule has 0 radical (unpaired) electrons. The number of H-pyrrole nitrogens is 2. The molecular formula is C34H28FN7. The summed E-state index contributed by atoms with van der Waals surface area (Å²) in [7, 11) is 0. The monoisotopic (exact) mass is 553 g/mol. The minimum Gasteiger partial charge on any atom is -0.399 e. The summed E-state index contributed by atoms with van der Waals surface area (Å²) in [6.07, 6.45) is 9.27. The van der Waals surface area contributed by atoms with Crippen LogP contribution >= 0.6 is 0 Å². The number of halogens is 1. The van der Waals surface area contributed by atoms with Crippen molar-refractivity contribution in [3.63, 3.8) is 0 Å². The number of allylic oxidation sites excluding steroid dienone is 4. The second-order valence-electron chi connectivity index (χ2n) is 9.79. The first-order valence-corrected chi connectivity index (χ1v) is 13.3. The number of nitrogen functional groups attached to an aromatic ring is 1. The molecule has 0 unspecified atom stereocenters. The summed E-state index contributed by atoms with van der Waals surface area (Å²) in [5.41, 5.74) is 14.9. The highest BCUT2D eigenvalue weighted by atomic mass is 19.1. The third-order valence-corrected chi connectivity index (χ3v) is 7.03. The summed E-state index contributed by atoms with van der Waals surface area (Å²) in [6, 6.07) is 20.3. The first kappa shape index (κ1) is 26.5. The van der Waals surface area contributed by atoms with Crippen LogP contribution in [0, 0.1) is 5.82 Å². The van der Waals surface area contributed by atoms with E-state index in [1.54, 1.807) is 18.3 Å². The number of pyridine rings is 2. The summed E-state index contributed by atoms with van der Waals surface area (Å²) in [6.45, 7) is 10.1. The van der Waals surface area contributed by atoms with E-state index in [9.17, 15) is 4.39 Å². The number of nitrogens with one attached hydrogen (secondary N) is 3. The lowest BCUT2D eigenvalue weighted by atomic mass is 10.0. The third kappa shape index (κ3) is 5.09. The van der Waals surface area contributed by atoms with Gasteiger partial charge in [0.2, 0.25) is 0 Å². The van der Waals surface area contributed by atoms with Crippen molar-refractivity contribution in [1.82, 2.24) is 30.5 Å². The first-order chi connectivity index (χ1) is 20.4. The van der Waals surface area contributed by atoms with Gasteiger partial charge in [-0.2, -0.15) is 5.10 Å². The summed E-state index contributed by atoms with van der Waals surface area (Å²) in [5, 5.41) is 12.6. The molecular weight excluding hydrogens is 525 g/mol. The van der Waals surface area contributed by atoms with Crippen molar-refractivity contribution in [2.45, 2.75) is 6.92 Å². The molecule has 42 heavy (non-hydrogen) atoms. The number of nitrogens with zero attached hydrogens (tertiary/aromatic N) is 3. The van der Waals surface area contributed by atoms with Gasteiger partial charge in [-0.1, -0.05) is 49.6 Å². The zero-order chi connectivity index (χ0) is 29.2. The Hall–Kier alpha value is -5.76. The van der Waals surface area contributed by atoms with Crippen LogP contribution in [-0.2, 0) is 0 Å². The van der Waals surface area contributed by atoms with Crippen molar-refractivity contribution in [3.05, 3.63) is 133 Å². The molecule has 0 aliphatic carbocycles. The average molecular weight is 554 g/mol. The predicted molar refractivity (Wildman–Crippen MR) is 169 cm³/mol. The fourth-order valence-corrected chi connectivity index (χ4v) is 4.97. The van der Waals surface area contributed by atoms with Gasteiger partial charge >= 0.3 is 0 Å². The Bertz CT molecular complexity index is 2010. The largest absolute Gasteiger partial charge is 0.399 e. The Kier molecular flexibility index (Phi) is 6.94. The topological polar surface area (TPSA) is 108 Å². The molecule has 0 saturated heterocycles. The Morgan fingerprint density at radius 2 is 1.81 bits per heavy atom. The minimum absolute atomic E-state index is 0.357. The molecule has 0 amide bonds. The van der Waals surface area contributed by atoms with Crippen molar-refractivity contribution in [3.8, 4) is 22.5 Å². The van der Waals surface area contributed by atoms with Crippen LogP contribution in [0.3, 0.4) is 0 Å². The van der Waals surface area contributed by atoms with Gasteiger partial charge in [0.1, 0.15) is 17.2 Å². The number of anilines is 1. The second kappa shape index (κ2) is 11.0. The smallest absolute Gasteiger partial charge is 0.155 e. The minimum atomic E-state index is -0.393. The molecule has 4 aromatic heterocycles. The molecule has 0 spiro atoms. The van der Waals surface area contributed by atoms with E-state index in [2.05, 4.69) is 43.6 Å². The number of aromatic amines is 2. The van der Waals surface area contributed by atoms with Gasteiger partial charge in [-0.3, -0.25) is 5.10 Å². The molecule has 0 aliphatic heterocycles. The van der Waals surface area contributed by atoms with E-state index in [4.69, 9.17) is 5.73 Å². The van der Waals surface area contributed by atoms with Crippen LogP contribution in [0.4, 0.5) is 10.1 Å². The summed E-state index contributed by atoms with van der Waals surface area (Å²) in [4.78, 5) is 12.5. The Morgan fingerprint density at radius 1 is 0.976 bits per heavy atom. The summed E-state index contributed by atoms with van der Waals surface area (Å²) in [5.74, 6) is -0.393. The van der Waals surface area contributed by atoms with Crippen molar-refractivity contribution in [2.24, 2.45) is 0 Å². The number of hydrogen-bond donors (Lipinski definition) is 4. The molecule has 7 nitrogen and oxygen atoms in total. The lowest BCUT2D eigenvalue weighted by Crippen LogP contribution is -2.09. The highest BCUT2D eigenvalue weighted by molar-refractivity contribution is 6.00. The fraction of sp³-hybridized carbons (Fsp3) is 0.0294. The molecule has 206 valence electrons. The Morgan fingerprint density at radius 3 is 2.57 bits per heavy atom. The summed E-state index contributed by atoms with van der Waals surface area (Å²) >= 11 is 0. The second-order valence-corrected chi connectivity index (χ2v) is 9.79. The maximum absolute atomic E-state index is 14.1. The molecule has 2 aromatic carbocycles. The van der Waals surface area contributed by atoms with Crippen molar-refractivity contribution < 1.29 is 4.39 Å². The van der Waals surface area contributed by atoms with Crippen LogP contribution < -0.4 is 11.1 Å². The van der Waals surface area contributed by atoms with E-state index >= 15 is 0 Å². The van der Waals surface area contributed by atoms with E-state index in [1.165, 1.54) is 12.1 Å². The fourth-order valence-electron chi connectivity index (χ4n) is 4.97. The number of hydrogen-bond acceptors (Lipinski definition) is 5. The Labute approximate surface area is 242 Å². The van der Waals surface area contributed by atoms with Crippen molar-refractivity contribution in [2.75, 3.05) is 5.73 Å². The van der Waals surface area contributed by atoms with Gasteiger partial charge in [-0.25, -0.2) is 14.4 Å². The van der Waals surface area contributed by atoms with E-state index in [1.807, 2.05) is 73.8 Å².